The third kappa shape index (κ3) is 2.92. The molecule has 1 aromatic carbocycles. The fraction of sp³-hybridized carbons (Fsp3) is 0.286. The zero-order chi connectivity index (χ0) is 19.1. The van der Waals surface area contributed by atoms with Gasteiger partial charge < -0.3 is 19.9 Å². The Morgan fingerprint density at radius 3 is 2.52 bits per heavy atom. The molecule has 4 rings (SSSR count). The minimum atomic E-state index is -1.35. The number of aromatic nitrogens is 1. The van der Waals surface area contributed by atoms with Crippen molar-refractivity contribution in [1.82, 2.24) is 4.90 Å². The van der Waals surface area contributed by atoms with Gasteiger partial charge in [-0.15, -0.1) is 0 Å². The Labute approximate surface area is 157 Å². The summed E-state index contributed by atoms with van der Waals surface area (Å²) in [5.74, 6) is -2.25. The van der Waals surface area contributed by atoms with Crippen LogP contribution in [0.4, 0.5) is 0 Å². The number of β-lactam (4-membered cyclic amide) rings is 1. The highest BCUT2D eigenvalue weighted by Crippen LogP contribution is 2.46. The monoisotopic (exact) mass is 364 g/mol. The van der Waals surface area contributed by atoms with Gasteiger partial charge in [0.15, 0.2) is 18.9 Å². The first kappa shape index (κ1) is 17.4. The van der Waals surface area contributed by atoms with E-state index in [1.165, 1.54) is 4.90 Å². The van der Waals surface area contributed by atoms with Crippen LogP contribution in [-0.2, 0) is 16.1 Å². The molecule has 6 heteroatoms. The van der Waals surface area contributed by atoms with Crippen molar-refractivity contribution in [1.29, 1.82) is 0 Å². The molecule has 1 N–H and O–H groups in total. The lowest BCUT2D eigenvalue weighted by atomic mass is 9.82. The molecule has 2 aliphatic heterocycles. The molecule has 0 saturated carbocycles. The van der Waals surface area contributed by atoms with Gasteiger partial charge in [0.05, 0.1) is 29.7 Å². The first-order valence-electron chi connectivity index (χ1n) is 8.96. The first-order valence-corrected chi connectivity index (χ1v) is 8.96. The predicted molar refractivity (Wildman–Crippen MR) is 94.5 cm³/mol. The fourth-order valence-corrected chi connectivity index (χ4v) is 4.08. The molecule has 0 unspecified atom stereocenters. The number of carbonyl (C=O) groups is 2. The van der Waals surface area contributed by atoms with E-state index in [2.05, 4.69) is 0 Å². The number of hydrogen-bond donors (Lipinski definition) is 1. The van der Waals surface area contributed by atoms with E-state index in [4.69, 9.17) is 0 Å². The number of carboxylic acid groups (broad SMARTS) is 1. The number of aliphatic hydroxyl groups is 1. The lowest BCUT2D eigenvalue weighted by Gasteiger charge is -2.45. The Bertz CT molecular complexity index is 919. The van der Waals surface area contributed by atoms with Gasteiger partial charge in [-0.25, -0.2) is 4.57 Å². The van der Waals surface area contributed by atoms with Crippen molar-refractivity contribution in [2.24, 2.45) is 5.92 Å². The number of aliphatic hydroxyl groups excluding tert-OH is 1. The Hall–Kier alpha value is -2.99. The van der Waals surface area contributed by atoms with Gasteiger partial charge in [0.25, 0.3) is 0 Å². The van der Waals surface area contributed by atoms with Crippen molar-refractivity contribution in [3.05, 3.63) is 71.7 Å². The number of carboxylic acids is 1. The third-order valence-electron chi connectivity index (χ3n) is 5.37. The van der Waals surface area contributed by atoms with Gasteiger partial charge in [-0.05, 0) is 24.5 Å². The van der Waals surface area contributed by atoms with Crippen molar-refractivity contribution in [2.75, 3.05) is 0 Å². The van der Waals surface area contributed by atoms with Crippen molar-refractivity contribution < 1.29 is 24.4 Å². The van der Waals surface area contributed by atoms with E-state index in [-0.39, 0.29) is 17.6 Å². The zero-order valence-electron chi connectivity index (χ0n) is 14.9. The number of benzene rings is 1. The molecular formula is C21H20N2O4. The highest BCUT2D eigenvalue weighted by molar-refractivity contribution is 6.05. The SMILES string of the molecule is C[C@@H](O)[C@H]1C(=O)N2C(C(=O)[O-])=C(c3ccc(C[n+]4ccccc4)cc3)C[C@H]12. The van der Waals surface area contributed by atoms with Crippen LogP contribution in [-0.4, -0.2) is 34.0 Å². The van der Waals surface area contributed by atoms with Crippen LogP contribution in [0.25, 0.3) is 5.57 Å². The molecule has 1 aromatic heterocycles. The van der Waals surface area contributed by atoms with E-state index >= 15 is 0 Å². The molecule has 138 valence electrons. The number of amides is 1. The number of nitrogens with zero attached hydrogens (tertiary/aromatic N) is 2. The summed E-state index contributed by atoms with van der Waals surface area (Å²) in [5, 5.41) is 21.5. The van der Waals surface area contributed by atoms with Gasteiger partial charge in [0.1, 0.15) is 0 Å². The zero-order valence-corrected chi connectivity index (χ0v) is 14.9. The molecular weight excluding hydrogens is 344 g/mol. The van der Waals surface area contributed by atoms with Crippen LogP contribution in [0.15, 0.2) is 60.6 Å². The van der Waals surface area contributed by atoms with E-state index in [9.17, 15) is 19.8 Å². The lowest BCUT2D eigenvalue weighted by molar-refractivity contribution is -0.688. The molecule has 3 heterocycles. The predicted octanol–water partition coefficient (Wildman–Crippen LogP) is 0.0949. The minimum absolute atomic E-state index is 0.0629. The van der Waals surface area contributed by atoms with Gasteiger partial charge in [0, 0.05) is 17.7 Å². The van der Waals surface area contributed by atoms with Crippen molar-refractivity contribution in [3.63, 3.8) is 0 Å². The number of hydrogen-bond acceptors (Lipinski definition) is 4. The van der Waals surface area contributed by atoms with Gasteiger partial charge >= 0.3 is 0 Å². The summed E-state index contributed by atoms with van der Waals surface area (Å²) >= 11 is 0. The van der Waals surface area contributed by atoms with Crippen LogP contribution in [0.1, 0.15) is 24.5 Å². The molecule has 1 saturated heterocycles. The summed E-state index contributed by atoms with van der Waals surface area (Å²) in [6.45, 7) is 2.28. The Kier molecular flexibility index (Phi) is 4.28. The average Bonchev–Trinajstić information content (AvgIpc) is 2.98. The Morgan fingerprint density at radius 2 is 1.93 bits per heavy atom. The van der Waals surface area contributed by atoms with Crippen LogP contribution in [0, 0.1) is 5.92 Å². The van der Waals surface area contributed by atoms with Crippen LogP contribution in [0.2, 0.25) is 0 Å². The summed E-state index contributed by atoms with van der Waals surface area (Å²) in [6.07, 6.45) is 3.58. The van der Waals surface area contributed by atoms with E-state index in [0.29, 0.717) is 18.5 Å². The largest absolute Gasteiger partial charge is 0.543 e. The Balaban J connectivity index is 1.61. The Morgan fingerprint density at radius 1 is 1.26 bits per heavy atom. The maximum atomic E-state index is 12.3. The van der Waals surface area contributed by atoms with Gasteiger partial charge in [-0.1, -0.05) is 30.3 Å². The van der Waals surface area contributed by atoms with Crippen LogP contribution in [0.5, 0.6) is 0 Å². The minimum Gasteiger partial charge on any atom is -0.543 e. The molecule has 3 atom stereocenters. The summed E-state index contributed by atoms with van der Waals surface area (Å²) < 4.78 is 2.05. The maximum absolute atomic E-state index is 12.3. The van der Waals surface area contributed by atoms with Gasteiger partial charge in [-0.3, -0.25) is 4.79 Å². The van der Waals surface area contributed by atoms with Gasteiger partial charge in [0.2, 0.25) is 5.91 Å². The normalized spacial score (nSPS) is 22.4. The second kappa shape index (κ2) is 6.63. The molecule has 0 radical (unpaired) electrons. The third-order valence-corrected chi connectivity index (χ3v) is 5.37. The fourth-order valence-electron chi connectivity index (χ4n) is 4.08. The second-order valence-corrected chi connectivity index (χ2v) is 7.11. The number of aliphatic carboxylic acids is 1. The van der Waals surface area contributed by atoms with Crippen molar-refractivity contribution >= 4 is 17.4 Å². The number of carbonyl (C=O) groups excluding carboxylic acids is 2. The van der Waals surface area contributed by atoms with Crippen molar-refractivity contribution in [3.8, 4) is 0 Å². The highest BCUT2D eigenvalue weighted by atomic mass is 16.4. The average molecular weight is 364 g/mol. The quantitative estimate of drug-likeness (QED) is 0.602. The molecule has 2 aromatic rings. The molecule has 0 spiro atoms. The first-order chi connectivity index (χ1) is 13.0. The summed E-state index contributed by atoms with van der Waals surface area (Å²) in [4.78, 5) is 25.2. The molecule has 27 heavy (non-hydrogen) atoms. The summed E-state index contributed by atoms with van der Waals surface area (Å²) in [5.41, 5.74) is 2.38. The summed E-state index contributed by atoms with van der Waals surface area (Å²) in [7, 11) is 0. The van der Waals surface area contributed by atoms with E-state index in [1.807, 2.05) is 59.4 Å². The van der Waals surface area contributed by atoms with Crippen LogP contribution >= 0.6 is 0 Å². The maximum Gasteiger partial charge on any atom is 0.235 e. The second-order valence-electron chi connectivity index (χ2n) is 7.11. The smallest absolute Gasteiger partial charge is 0.235 e. The molecule has 0 bridgehead atoms. The number of fused-ring (bicyclic) bond motifs is 1. The van der Waals surface area contributed by atoms with E-state index in [0.717, 1.165) is 11.1 Å². The standard InChI is InChI=1S/C21H20N2O4/c1-13(24)18-17-11-16(19(21(26)27)23(17)20(18)25)15-7-5-14(6-8-15)12-22-9-3-2-4-10-22/h2-10,13,17-18,24H,11-12H2,1H3/t13-,17-,18-/m1/s1. The van der Waals surface area contributed by atoms with Crippen LogP contribution < -0.4 is 9.67 Å². The van der Waals surface area contributed by atoms with E-state index < -0.39 is 18.0 Å². The topological polar surface area (TPSA) is 84.5 Å². The molecule has 1 fully saturated rings. The van der Waals surface area contributed by atoms with Gasteiger partial charge in [-0.2, -0.15) is 0 Å². The molecule has 2 aliphatic rings. The molecule has 1 amide bonds. The number of pyridine rings is 1. The highest BCUT2D eigenvalue weighted by Gasteiger charge is 2.55. The summed E-state index contributed by atoms with van der Waals surface area (Å²) in [6, 6.07) is 13.2. The van der Waals surface area contributed by atoms with E-state index in [1.54, 1.807) is 6.92 Å². The molecule has 0 aliphatic carbocycles. The molecule has 6 nitrogen and oxygen atoms in total. The number of rotatable bonds is 5. The van der Waals surface area contributed by atoms with Crippen molar-refractivity contribution in [2.45, 2.75) is 32.0 Å². The lowest BCUT2D eigenvalue weighted by Crippen LogP contribution is -2.62. The van der Waals surface area contributed by atoms with Crippen LogP contribution in [0.3, 0.4) is 0 Å².